The molecular weight excluding hydrogens is 252 g/mol. The Hall–Kier alpha value is -1.69. The lowest BCUT2D eigenvalue weighted by Crippen LogP contribution is -2.39. The molecule has 1 saturated carbocycles. The van der Waals surface area contributed by atoms with E-state index in [1.165, 1.54) is 25.7 Å². The van der Waals surface area contributed by atoms with E-state index in [4.69, 9.17) is 0 Å². The van der Waals surface area contributed by atoms with Gasteiger partial charge in [-0.25, -0.2) is 9.97 Å². The van der Waals surface area contributed by atoms with Crippen molar-refractivity contribution in [3.05, 3.63) is 12.5 Å². The van der Waals surface area contributed by atoms with Crippen molar-refractivity contribution in [1.29, 1.82) is 0 Å². The van der Waals surface area contributed by atoms with Gasteiger partial charge < -0.3 is 10.2 Å². The van der Waals surface area contributed by atoms with Crippen molar-refractivity contribution in [1.82, 2.24) is 25.1 Å². The van der Waals surface area contributed by atoms with E-state index < -0.39 is 0 Å². The average Bonchev–Trinajstić information content (AvgIpc) is 3.04. The Kier molecular flexibility index (Phi) is 2.84. The fourth-order valence-electron chi connectivity index (χ4n) is 3.12. The van der Waals surface area contributed by atoms with Crippen molar-refractivity contribution < 1.29 is 0 Å². The van der Waals surface area contributed by atoms with E-state index in [2.05, 4.69) is 25.3 Å². The highest BCUT2D eigenvalue weighted by Crippen LogP contribution is 2.34. The molecule has 2 aromatic rings. The lowest BCUT2D eigenvalue weighted by Gasteiger charge is -2.27. The summed E-state index contributed by atoms with van der Waals surface area (Å²) in [7, 11) is 1.93. The Balaban J connectivity index is 1.70. The van der Waals surface area contributed by atoms with E-state index in [1.54, 1.807) is 6.33 Å². The highest BCUT2D eigenvalue weighted by atomic mass is 15.3. The Bertz CT molecular complexity index is 611. The SMILES string of the molecule is Cn1ncc2c(N(CC3CCCN3)C3CC3)ncnc21. The third-order valence-electron chi connectivity index (χ3n) is 4.35. The van der Waals surface area contributed by atoms with E-state index in [1.807, 2.05) is 17.9 Å². The van der Waals surface area contributed by atoms with Gasteiger partial charge in [0.25, 0.3) is 0 Å². The number of anilines is 1. The number of hydrogen-bond acceptors (Lipinski definition) is 5. The van der Waals surface area contributed by atoms with Crippen molar-refractivity contribution in [2.75, 3.05) is 18.0 Å². The Morgan fingerprint density at radius 3 is 3.00 bits per heavy atom. The number of fused-ring (bicyclic) bond motifs is 1. The summed E-state index contributed by atoms with van der Waals surface area (Å²) < 4.78 is 1.82. The molecule has 2 aromatic heterocycles. The molecule has 0 spiro atoms. The summed E-state index contributed by atoms with van der Waals surface area (Å²) >= 11 is 0. The molecule has 1 aliphatic carbocycles. The monoisotopic (exact) mass is 272 g/mol. The maximum Gasteiger partial charge on any atom is 0.163 e. The van der Waals surface area contributed by atoms with Gasteiger partial charge in [-0.3, -0.25) is 4.68 Å². The van der Waals surface area contributed by atoms with Gasteiger partial charge in [-0.1, -0.05) is 0 Å². The standard InChI is InChI=1S/C14H20N6/c1-19-13-12(7-18-19)14(17-9-16-13)20(11-4-5-11)8-10-3-2-6-15-10/h7,9-11,15H,2-6,8H2,1H3. The van der Waals surface area contributed by atoms with Crippen LogP contribution in [0, 0.1) is 0 Å². The number of hydrogen-bond donors (Lipinski definition) is 1. The second-order valence-corrected chi connectivity index (χ2v) is 5.88. The Labute approximate surface area is 118 Å². The minimum Gasteiger partial charge on any atom is -0.351 e. The molecule has 1 atom stereocenters. The van der Waals surface area contributed by atoms with Crippen LogP contribution in [0.4, 0.5) is 5.82 Å². The molecule has 6 nitrogen and oxygen atoms in total. The highest BCUT2D eigenvalue weighted by Gasteiger charge is 2.33. The average molecular weight is 272 g/mol. The van der Waals surface area contributed by atoms with Crippen LogP contribution in [0.15, 0.2) is 12.5 Å². The normalized spacial score (nSPS) is 22.6. The van der Waals surface area contributed by atoms with Crippen LogP contribution in [0.1, 0.15) is 25.7 Å². The topological polar surface area (TPSA) is 58.9 Å². The smallest absolute Gasteiger partial charge is 0.163 e. The van der Waals surface area contributed by atoms with Gasteiger partial charge in [0.05, 0.1) is 11.6 Å². The minimum atomic E-state index is 0.595. The van der Waals surface area contributed by atoms with Crippen molar-refractivity contribution in [2.45, 2.75) is 37.8 Å². The molecule has 0 aromatic carbocycles. The molecule has 20 heavy (non-hydrogen) atoms. The number of rotatable bonds is 4. The van der Waals surface area contributed by atoms with Gasteiger partial charge in [0.15, 0.2) is 5.65 Å². The predicted molar refractivity (Wildman–Crippen MR) is 77.7 cm³/mol. The summed E-state index contributed by atoms with van der Waals surface area (Å²) in [6, 6.07) is 1.24. The quantitative estimate of drug-likeness (QED) is 0.902. The van der Waals surface area contributed by atoms with Gasteiger partial charge in [-0.05, 0) is 32.2 Å². The summed E-state index contributed by atoms with van der Waals surface area (Å²) in [4.78, 5) is 11.4. The zero-order chi connectivity index (χ0) is 13.5. The Morgan fingerprint density at radius 2 is 2.25 bits per heavy atom. The van der Waals surface area contributed by atoms with Crippen LogP contribution in [-0.4, -0.2) is 44.9 Å². The first kappa shape index (κ1) is 12.1. The van der Waals surface area contributed by atoms with Crippen molar-refractivity contribution >= 4 is 16.9 Å². The predicted octanol–water partition coefficient (Wildman–Crippen LogP) is 1.08. The summed E-state index contributed by atoms with van der Waals surface area (Å²) in [6.07, 6.45) is 8.66. The van der Waals surface area contributed by atoms with Crippen LogP contribution >= 0.6 is 0 Å². The van der Waals surface area contributed by atoms with Gasteiger partial charge in [-0.2, -0.15) is 5.10 Å². The third kappa shape index (κ3) is 2.04. The van der Waals surface area contributed by atoms with Gasteiger partial charge in [0, 0.05) is 25.7 Å². The largest absolute Gasteiger partial charge is 0.351 e. The molecule has 0 radical (unpaired) electrons. The van der Waals surface area contributed by atoms with E-state index in [-0.39, 0.29) is 0 Å². The van der Waals surface area contributed by atoms with Crippen LogP contribution < -0.4 is 10.2 Å². The van der Waals surface area contributed by atoms with Gasteiger partial charge in [-0.15, -0.1) is 0 Å². The zero-order valence-electron chi connectivity index (χ0n) is 11.8. The second-order valence-electron chi connectivity index (χ2n) is 5.88. The number of nitrogens with one attached hydrogen (secondary N) is 1. The van der Waals surface area contributed by atoms with Crippen LogP contribution in [0.25, 0.3) is 11.0 Å². The third-order valence-corrected chi connectivity index (χ3v) is 4.35. The molecule has 2 fully saturated rings. The fraction of sp³-hybridized carbons (Fsp3) is 0.643. The molecule has 1 aliphatic heterocycles. The molecule has 1 N–H and O–H groups in total. The summed E-state index contributed by atoms with van der Waals surface area (Å²) in [5, 5.41) is 8.98. The summed E-state index contributed by atoms with van der Waals surface area (Å²) in [6.45, 7) is 2.20. The van der Waals surface area contributed by atoms with Crippen molar-refractivity contribution in [3.63, 3.8) is 0 Å². The lowest BCUT2D eigenvalue weighted by atomic mass is 10.2. The van der Waals surface area contributed by atoms with Crippen LogP contribution in [0.5, 0.6) is 0 Å². The zero-order valence-corrected chi connectivity index (χ0v) is 11.8. The molecule has 3 heterocycles. The van der Waals surface area contributed by atoms with E-state index in [9.17, 15) is 0 Å². The first-order valence-electron chi connectivity index (χ1n) is 7.45. The molecule has 106 valence electrons. The summed E-state index contributed by atoms with van der Waals surface area (Å²) in [5.41, 5.74) is 0.917. The fourth-order valence-corrected chi connectivity index (χ4v) is 3.12. The highest BCUT2D eigenvalue weighted by molar-refractivity contribution is 5.86. The minimum absolute atomic E-state index is 0.595. The van der Waals surface area contributed by atoms with Crippen molar-refractivity contribution in [3.8, 4) is 0 Å². The molecule has 0 bridgehead atoms. The summed E-state index contributed by atoms with van der Waals surface area (Å²) in [5.74, 6) is 1.05. The van der Waals surface area contributed by atoms with E-state index in [0.29, 0.717) is 12.1 Å². The molecular formula is C14H20N6. The number of aryl methyl sites for hydroxylation is 1. The maximum atomic E-state index is 4.56. The molecule has 1 saturated heterocycles. The molecule has 0 amide bonds. The van der Waals surface area contributed by atoms with Gasteiger partial charge >= 0.3 is 0 Å². The molecule has 1 unspecified atom stereocenters. The molecule has 4 rings (SSSR count). The maximum absolute atomic E-state index is 4.56. The van der Waals surface area contributed by atoms with Crippen LogP contribution in [-0.2, 0) is 7.05 Å². The van der Waals surface area contributed by atoms with Gasteiger partial charge in [0.2, 0.25) is 0 Å². The first-order chi connectivity index (χ1) is 9.83. The first-order valence-corrected chi connectivity index (χ1v) is 7.45. The molecule has 2 aliphatic rings. The second kappa shape index (κ2) is 4.70. The van der Waals surface area contributed by atoms with Crippen LogP contribution in [0.2, 0.25) is 0 Å². The molecule has 6 heteroatoms. The van der Waals surface area contributed by atoms with Crippen LogP contribution in [0.3, 0.4) is 0 Å². The van der Waals surface area contributed by atoms with Gasteiger partial charge in [0.1, 0.15) is 12.1 Å². The van der Waals surface area contributed by atoms with E-state index >= 15 is 0 Å². The van der Waals surface area contributed by atoms with Crippen molar-refractivity contribution in [2.24, 2.45) is 7.05 Å². The number of nitrogens with zero attached hydrogens (tertiary/aromatic N) is 5. The Morgan fingerprint density at radius 1 is 1.35 bits per heavy atom. The lowest BCUT2D eigenvalue weighted by molar-refractivity contribution is 0.576. The van der Waals surface area contributed by atoms with E-state index in [0.717, 1.165) is 29.9 Å². The number of aromatic nitrogens is 4.